The molecule has 5 heteroatoms. The van der Waals surface area contributed by atoms with Crippen LogP contribution in [0.25, 0.3) is 0 Å². The Morgan fingerprint density at radius 1 is 1.27 bits per heavy atom. The molecule has 1 aromatic carbocycles. The minimum absolute atomic E-state index is 0. The monoisotopic (exact) mass is 344 g/mol. The molecule has 1 aromatic rings. The summed E-state index contributed by atoms with van der Waals surface area (Å²) in [6.07, 6.45) is 3.97. The van der Waals surface area contributed by atoms with Gasteiger partial charge in [-0.05, 0) is 57.3 Å². The third-order valence-corrected chi connectivity index (χ3v) is 5.21. The maximum absolute atomic E-state index is 6.28. The minimum atomic E-state index is 0. The summed E-state index contributed by atoms with van der Waals surface area (Å²) >= 11 is 6.28. The summed E-state index contributed by atoms with van der Waals surface area (Å²) in [6, 6.07) is 6.08. The molecule has 0 aliphatic carbocycles. The van der Waals surface area contributed by atoms with Crippen molar-refractivity contribution in [1.29, 1.82) is 0 Å². The topological polar surface area (TPSA) is 24.5 Å². The van der Waals surface area contributed by atoms with Crippen LogP contribution in [0.15, 0.2) is 18.2 Å². The van der Waals surface area contributed by atoms with E-state index in [1.807, 2.05) is 19.1 Å². The van der Waals surface area contributed by atoms with Gasteiger partial charge in [0.1, 0.15) is 5.75 Å². The third-order valence-electron chi connectivity index (χ3n) is 4.91. The van der Waals surface area contributed by atoms with Crippen LogP contribution in [0.3, 0.4) is 0 Å². The molecule has 124 valence electrons. The van der Waals surface area contributed by atoms with Crippen LogP contribution in [0.5, 0.6) is 5.75 Å². The second-order valence-electron chi connectivity index (χ2n) is 6.37. The molecule has 0 radical (unpaired) electrons. The van der Waals surface area contributed by atoms with Crippen LogP contribution < -0.4 is 10.1 Å². The summed E-state index contributed by atoms with van der Waals surface area (Å²) in [5, 5.41) is 4.20. The Morgan fingerprint density at radius 2 is 2.05 bits per heavy atom. The van der Waals surface area contributed by atoms with Crippen molar-refractivity contribution in [2.75, 3.05) is 32.8 Å². The van der Waals surface area contributed by atoms with E-state index in [0.717, 1.165) is 17.3 Å². The van der Waals surface area contributed by atoms with Gasteiger partial charge in [0, 0.05) is 18.7 Å². The largest absolute Gasteiger partial charge is 0.492 e. The first-order valence-electron chi connectivity index (χ1n) is 8.06. The zero-order valence-electron chi connectivity index (χ0n) is 13.2. The lowest BCUT2D eigenvalue weighted by atomic mass is 9.78. The van der Waals surface area contributed by atoms with Gasteiger partial charge in [0.25, 0.3) is 0 Å². The van der Waals surface area contributed by atoms with Crippen molar-refractivity contribution in [2.45, 2.75) is 32.7 Å². The number of nitrogens with one attached hydrogen (secondary N) is 1. The highest BCUT2D eigenvalue weighted by molar-refractivity contribution is 6.32. The number of para-hydroxylation sites is 1. The van der Waals surface area contributed by atoms with Crippen molar-refractivity contribution >= 4 is 24.0 Å². The van der Waals surface area contributed by atoms with E-state index in [2.05, 4.69) is 16.3 Å². The summed E-state index contributed by atoms with van der Waals surface area (Å²) in [5.41, 5.74) is 1.77. The second kappa shape index (κ2) is 7.87. The Hall–Kier alpha value is -0.480. The molecule has 0 aromatic heterocycles. The first-order chi connectivity index (χ1) is 10.2. The van der Waals surface area contributed by atoms with Gasteiger partial charge in [-0.1, -0.05) is 23.7 Å². The minimum Gasteiger partial charge on any atom is -0.492 e. The fourth-order valence-electron chi connectivity index (χ4n) is 3.75. The molecule has 0 amide bonds. The Balaban J connectivity index is 0.00000176. The molecule has 2 aliphatic heterocycles. The molecule has 22 heavy (non-hydrogen) atoms. The zero-order chi connectivity index (χ0) is 14.7. The summed E-state index contributed by atoms with van der Waals surface area (Å²) < 4.78 is 5.75. The van der Waals surface area contributed by atoms with Crippen molar-refractivity contribution < 1.29 is 4.74 Å². The highest BCUT2D eigenvalue weighted by atomic mass is 35.5. The van der Waals surface area contributed by atoms with E-state index < -0.39 is 0 Å². The number of likely N-dealkylation sites (tertiary alicyclic amines) is 1. The van der Waals surface area contributed by atoms with Crippen molar-refractivity contribution in [3.8, 4) is 5.75 Å². The van der Waals surface area contributed by atoms with Gasteiger partial charge in [-0.25, -0.2) is 0 Å². The van der Waals surface area contributed by atoms with Gasteiger partial charge >= 0.3 is 0 Å². The van der Waals surface area contributed by atoms with E-state index in [9.17, 15) is 0 Å². The number of hydrogen-bond acceptors (Lipinski definition) is 3. The molecule has 2 saturated heterocycles. The average molecular weight is 345 g/mol. The number of hydrogen-bond donors (Lipinski definition) is 1. The number of benzene rings is 1. The molecular weight excluding hydrogens is 319 g/mol. The Morgan fingerprint density at radius 3 is 2.77 bits per heavy atom. The van der Waals surface area contributed by atoms with Crippen LogP contribution in [-0.2, 0) is 6.54 Å². The van der Waals surface area contributed by atoms with Crippen molar-refractivity contribution in [1.82, 2.24) is 10.2 Å². The van der Waals surface area contributed by atoms with E-state index in [0.29, 0.717) is 12.0 Å². The van der Waals surface area contributed by atoms with E-state index in [1.165, 1.54) is 51.0 Å². The van der Waals surface area contributed by atoms with Crippen LogP contribution in [0.4, 0.5) is 0 Å². The number of rotatable bonds is 4. The third kappa shape index (κ3) is 3.88. The van der Waals surface area contributed by atoms with E-state index in [4.69, 9.17) is 16.3 Å². The predicted molar refractivity (Wildman–Crippen MR) is 94.3 cm³/mol. The molecule has 3 rings (SSSR count). The Labute approximate surface area is 144 Å². The summed E-state index contributed by atoms with van der Waals surface area (Å²) in [4.78, 5) is 2.57. The molecule has 0 atom stereocenters. The number of ether oxygens (including phenoxy) is 1. The molecule has 2 aliphatic rings. The van der Waals surface area contributed by atoms with Crippen LogP contribution >= 0.6 is 24.0 Å². The quantitative estimate of drug-likeness (QED) is 0.900. The van der Waals surface area contributed by atoms with Gasteiger partial charge in [0.05, 0.1) is 11.6 Å². The van der Waals surface area contributed by atoms with Gasteiger partial charge in [-0.15, -0.1) is 12.4 Å². The number of halogens is 2. The lowest BCUT2D eigenvalue weighted by molar-refractivity contribution is 0.193. The molecule has 2 fully saturated rings. The van der Waals surface area contributed by atoms with Crippen LogP contribution in [0.1, 0.15) is 31.7 Å². The van der Waals surface area contributed by atoms with Crippen LogP contribution in [0, 0.1) is 5.41 Å². The molecule has 1 spiro atoms. The molecule has 3 nitrogen and oxygen atoms in total. The highest BCUT2D eigenvalue weighted by Crippen LogP contribution is 2.40. The first kappa shape index (κ1) is 17.9. The molecule has 1 N–H and O–H groups in total. The second-order valence-corrected chi connectivity index (χ2v) is 6.78. The van der Waals surface area contributed by atoms with Gasteiger partial charge in [0.2, 0.25) is 0 Å². The van der Waals surface area contributed by atoms with Gasteiger partial charge in [-0.3, -0.25) is 4.90 Å². The fourth-order valence-corrected chi connectivity index (χ4v) is 4.00. The lowest BCUT2D eigenvalue weighted by Crippen LogP contribution is -2.38. The standard InChI is InChI=1S/C17H25ClN2O.ClH/c1-2-21-16-14(4-3-5-15(16)18)12-20-11-8-17(13-20)6-9-19-10-7-17;/h3-5,19H,2,6-13H2,1H3;1H. The van der Waals surface area contributed by atoms with Gasteiger partial charge in [0.15, 0.2) is 0 Å². The normalized spacial score (nSPS) is 20.8. The molecule has 0 bridgehead atoms. The van der Waals surface area contributed by atoms with Crippen molar-refractivity contribution in [3.05, 3.63) is 28.8 Å². The smallest absolute Gasteiger partial charge is 0.142 e. The summed E-state index contributed by atoms with van der Waals surface area (Å²) in [6.45, 7) is 8.37. The number of nitrogens with zero attached hydrogens (tertiary/aromatic N) is 1. The van der Waals surface area contributed by atoms with E-state index in [-0.39, 0.29) is 12.4 Å². The lowest BCUT2D eigenvalue weighted by Gasteiger charge is -2.34. The zero-order valence-corrected chi connectivity index (χ0v) is 14.8. The first-order valence-corrected chi connectivity index (χ1v) is 8.43. The number of piperidine rings is 1. The molecular formula is C17H26Cl2N2O. The highest BCUT2D eigenvalue weighted by Gasteiger charge is 2.38. The van der Waals surface area contributed by atoms with Crippen molar-refractivity contribution in [3.63, 3.8) is 0 Å². The average Bonchev–Trinajstić information content (AvgIpc) is 2.86. The Kier molecular flexibility index (Phi) is 6.39. The van der Waals surface area contributed by atoms with Crippen LogP contribution in [-0.4, -0.2) is 37.7 Å². The fraction of sp³-hybridized carbons (Fsp3) is 0.647. The molecule has 0 saturated carbocycles. The van der Waals surface area contributed by atoms with E-state index >= 15 is 0 Å². The van der Waals surface area contributed by atoms with Gasteiger partial charge in [-0.2, -0.15) is 0 Å². The maximum atomic E-state index is 6.28. The summed E-state index contributed by atoms with van der Waals surface area (Å²) in [5.74, 6) is 0.868. The SMILES string of the molecule is CCOc1c(Cl)cccc1CN1CCC2(CCNCC2)C1.Cl. The molecule has 0 unspecified atom stereocenters. The van der Waals surface area contributed by atoms with E-state index in [1.54, 1.807) is 0 Å². The Bertz CT molecular complexity index is 490. The summed E-state index contributed by atoms with van der Waals surface area (Å²) in [7, 11) is 0. The maximum Gasteiger partial charge on any atom is 0.142 e. The van der Waals surface area contributed by atoms with Crippen molar-refractivity contribution in [2.24, 2.45) is 5.41 Å². The van der Waals surface area contributed by atoms with Crippen LogP contribution in [0.2, 0.25) is 5.02 Å². The van der Waals surface area contributed by atoms with Gasteiger partial charge < -0.3 is 10.1 Å². The predicted octanol–water partition coefficient (Wildman–Crippen LogP) is 3.74. The molecule has 2 heterocycles.